The van der Waals surface area contributed by atoms with Gasteiger partial charge in [-0.05, 0) is 35.2 Å². The lowest BCUT2D eigenvalue weighted by atomic mass is 10.1. The van der Waals surface area contributed by atoms with Crippen molar-refractivity contribution in [1.82, 2.24) is 5.32 Å². The molecule has 1 aromatic heterocycles. The zero-order valence-corrected chi connectivity index (χ0v) is 13.4. The third-order valence-corrected chi connectivity index (χ3v) is 4.74. The van der Waals surface area contributed by atoms with Crippen LogP contribution < -0.4 is 5.32 Å². The molecule has 5 nitrogen and oxygen atoms in total. The number of phenols is 1. The molecule has 2 aromatic carbocycles. The van der Waals surface area contributed by atoms with Crippen LogP contribution in [0.15, 0.2) is 54.6 Å². The summed E-state index contributed by atoms with van der Waals surface area (Å²) in [5, 5.41) is 22.2. The average molecular weight is 341 g/mol. The number of carboxylic acid groups (broad SMARTS) is 1. The van der Waals surface area contributed by atoms with Gasteiger partial charge in [0.25, 0.3) is 5.91 Å². The summed E-state index contributed by atoms with van der Waals surface area (Å²) >= 11 is 1.33. The zero-order chi connectivity index (χ0) is 17.1. The van der Waals surface area contributed by atoms with Gasteiger partial charge in [0.05, 0.1) is 4.88 Å². The summed E-state index contributed by atoms with van der Waals surface area (Å²) in [6, 6.07) is 14.6. The summed E-state index contributed by atoms with van der Waals surface area (Å²) < 4.78 is 0.980. The molecule has 0 saturated heterocycles. The van der Waals surface area contributed by atoms with E-state index in [2.05, 4.69) is 5.32 Å². The molecule has 0 saturated carbocycles. The largest absolute Gasteiger partial charge is 0.508 e. The first-order valence-electron chi connectivity index (χ1n) is 7.33. The van der Waals surface area contributed by atoms with Crippen LogP contribution in [0.2, 0.25) is 0 Å². The second-order valence-electron chi connectivity index (χ2n) is 5.38. The van der Waals surface area contributed by atoms with Crippen LogP contribution in [0.1, 0.15) is 15.2 Å². The zero-order valence-electron chi connectivity index (χ0n) is 12.6. The van der Waals surface area contributed by atoms with E-state index in [1.54, 1.807) is 18.2 Å². The third kappa shape index (κ3) is 3.55. The predicted molar refractivity (Wildman–Crippen MR) is 92.5 cm³/mol. The molecule has 0 radical (unpaired) electrons. The molecule has 0 bridgehead atoms. The first-order chi connectivity index (χ1) is 11.5. The molecule has 0 aliphatic carbocycles. The highest BCUT2D eigenvalue weighted by molar-refractivity contribution is 7.20. The van der Waals surface area contributed by atoms with Gasteiger partial charge in [0.1, 0.15) is 11.8 Å². The fourth-order valence-corrected chi connectivity index (χ4v) is 3.36. The Morgan fingerprint density at radius 2 is 1.79 bits per heavy atom. The standard InChI is InChI=1S/C18H15NO4S/c20-13-7-5-11(6-8-13)9-14(18(22)23)19-17(21)16-10-12-3-1-2-4-15(12)24-16/h1-8,10,14,20H,9H2,(H,19,21)(H,22,23). The van der Waals surface area contributed by atoms with Crippen LogP contribution in [0.5, 0.6) is 5.75 Å². The number of carbonyl (C=O) groups excluding carboxylic acids is 1. The molecule has 3 rings (SSSR count). The van der Waals surface area contributed by atoms with Crippen molar-refractivity contribution >= 4 is 33.3 Å². The Labute approximate surface area is 142 Å². The van der Waals surface area contributed by atoms with E-state index in [1.807, 2.05) is 24.3 Å². The highest BCUT2D eigenvalue weighted by atomic mass is 32.1. The predicted octanol–water partition coefficient (Wildman–Crippen LogP) is 3.03. The number of rotatable bonds is 5. The molecular weight excluding hydrogens is 326 g/mol. The second kappa shape index (κ2) is 6.72. The fourth-order valence-electron chi connectivity index (χ4n) is 2.39. The molecule has 122 valence electrons. The maximum absolute atomic E-state index is 12.4. The average Bonchev–Trinajstić information content (AvgIpc) is 3.00. The van der Waals surface area contributed by atoms with Crippen molar-refractivity contribution in [2.75, 3.05) is 0 Å². The molecule has 1 atom stereocenters. The quantitative estimate of drug-likeness (QED) is 0.666. The van der Waals surface area contributed by atoms with Crippen molar-refractivity contribution in [2.24, 2.45) is 0 Å². The monoisotopic (exact) mass is 341 g/mol. The summed E-state index contributed by atoms with van der Waals surface area (Å²) in [7, 11) is 0. The topological polar surface area (TPSA) is 86.6 Å². The number of aliphatic carboxylic acids is 1. The Kier molecular flexibility index (Phi) is 4.48. The van der Waals surface area contributed by atoms with Gasteiger partial charge in [-0.2, -0.15) is 0 Å². The molecule has 24 heavy (non-hydrogen) atoms. The van der Waals surface area contributed by atoms with E-state index < -0.39 is 17.9 Å². The summed E-state index contributed by atoms with van der Waals surface area (Å²) in [4.78, 5) is 24.3. The van der Waals surface area contributed by atoms with Crippen LogP contribution in [0.25, 0.3) is 10.1 Å². The second-order valence-corrected chi connectivity index (χ2v) is 6.47. The van der Waals surface area contributed by atoms with Gasteiger partial charge >= 0.3 is 5.97 Å². The Bertz CT molecular complexity index is 852. The molecule has 0 aliphatic heterocycles. The maximum atomic E-state index is 12.4. The van der Waals surface area contributed by atoms with Crippen molar-refractivity contribution in [3.05, 3.63) is 65.0 Å². The number of carbonyl (C=O) groups is 2. The van der Waals surface area contributed by atoms with Gasteiger partial charge < -0.3 is 15.5 Å². The van der Waals surface area contributed by atoms with Crippen molar-refractivity contribution < 1.29 is 19.8 Å². The Balaban J connectivity index is 1.76. The molecule has 0 aliphatic rings. The van der Waals surface area contributed by atoms with Crippen LogP contribution in [0.3, 0.4) is 0 Å². The van der Waals surface area contributed by atoms with Gasteiger partial charge in [0.15, 0.2) is 0 Å². The fraction of sp³-hybridized carbons (Fsp3) is 0.111. The molecule has 1 unspecified atom stereocenters. The lowest BCUT2D eigenvalue weighted by Crippen LogP contribution is -2.42. The molecule has 6 heteroatoms. The first-order valence-corrected chi connectivity index (χ1v) is 8.15. The lowest BCUT2D eigenvalue weighted by molar-refractivity contribution is -0.139. The van der Waals surface area contributed by atoms with E-state index in [-0.39, 0.29) is 12.2 Å². The molecule has 3 N–H and O–H groups in total. The number of fused-ring (bicyclic) bond motifs is 1. The third-order valence-electron chi connectivity index (χ3n) is 3.63. The maximum Gasteiger partial charge on any atom is 0.326 e. The van der Waals surface area contributed by atoms with Crippen LogP contribution in [-0.4, -0.2) is 28.1 Å². The van der Waals surface area contributed by atoms with E-state index in [4.69, 9.17) is 0 Å². The Hall–Kier alpha value is -2.86. The van der Waals surface area contributed by atoms with Gasteiger partial charge in [-0.25, -0.2) is 4.79 Å². The van der Waals surface area contributed by atoms with Gasteiger partial charge in [0.2, 0.25) is 0 Å². The van der Waals surface area contributed by atoms with E-state index in [9.17, 15) is 19.8 Å². The number of benzene rings is 2. The van der Waals surface area contributed by atoms with E-state index >= 15 is 0 Å². The molecule has 1 heterocycles. The smallest absolute Gasteiger partial charge is 0.326 e. The van der Waals surface area contributed by atoms with Crippen molar-refractivity contribution in [1.29, 1.82) is 0 Å². The molecule has 0 spiro atoms. The van der Waals surface area contributed by atoms with Crippen LogP contribution in [0.4, 0.5) is 0 Å². The van der Waals surface area contributed by atoms with E-state index in [1.165, 1.54) is 23.5 Å². The molecule has 3 aromatic rings. The number of hydrogen-bond donors (Lipinski definition) is 3. The number of thiophene rings is 1. The number of aromatic hydroxyl groups is 1. The Morgan fingerprint density at radius 1 is 1.08 bits per heavy atom. The molecular formula is C18H15NO4S. The molecule has 0 fully saturated rings. The van der Waals surface area contributed by atoms with Gasteiger partial charge in [-0.3, -0.25) is 4.79 Å². The molecule has 1 amide bonds. The number of carboxylic acids is 1. The number of nitrogens with one attached hydrogen (secondary N) is 1. The van der Waals surface area contributed by atoms with Crippen LogP contribution in [0, 0.1) is 0 Å². The van der Waals surface area contributed by atoms with Crippen LogP contribution >= 0.6 is 11.3 Å². The van der Waals surface area contributed by atoms with Gasteiger partial charge in [-0.1, -0.05) is 30.3 Å². The number of amides is 1. The summed E-state index contributed by atoms with van der Waals surface area (Å²) in [5.41, 5.74) is 0.719. The van der Waals surface area contributed by atoms with Crippen molar-refractivity contribution in [3.63, 3.8) is 0 Å². The summed E-state index contributed by atoms with van der Waals surface area (Å²) in [6.07, 6.45) is 0.145. The lowest BCUT2D eigenvalue weighted by Gasteiger charge is -2.14. The minimum absolute atomic E-state index is 0.111. The van der Waals surface area contributed by atoms with Crippen molar-refractivity contribution in [3.8, 4) is 5.75 Å². The first kappa shape index (κ1) is 16.0. The normalized spacial score (nSPS) is 12.0. The highest BCUT2D eigenvalue weighted by Crippen LogP contribution is 2.25. The number of phenolic OH excluding ortho intramolecular Hbond substituents is 1. The van der Waals surface area contributed by atoms with Gasteiger partial charge in [0, 0.05) is 11.1 Å². The van der Waals surface area contributed by atoms with Crippen LogP contribution in [-0.2, 0) is 11.2 Å². The minimum Gasteiger partial charge on any atom is -0.508 e. The minimum atomic E-state index is -1.10. The summed E-state index contributed by atoms with van der Waals surface area (Å²) in [5.74, 6) is -1.39. The summed E-state index contributed by atoms with van der Waals surface area (Å²) in [6.45, 7) is 0. The SMILES string of the molecule is O=C(NC(Cc1ccc(O)cc1)C(=O)O)c1cc2ccccc2s1. The Morgan fingerprint density at radius 3 is 2.46 bits per heavy atom. The van der Waals surface area contributed by atoms with E-state index in [0.29, 0.717) is 4.88 Å². The highest BCUT2D eigenvalue weighted by Gasteiger charge is 2.22. The van der Waals surface area contributed by atoms with Crippen molar-refractivity contribution in [2.45, 2.75) is 12.5 Å². The number of hydrogen-bond acceptors (Lipinski definition) is 4. The van der Waals surface area contributed by atoms with E-state index in [0.717, 1.165) is 15.6 Å². The van der Waals surface area contributed by atoms with Gasteiger partial charge in [-0.15, -0.1) is 11.3 Å².